The van der Waals surface area contributed by atoms with Gasteiger partial charge in [-0.3, -0.25) is 19.9 Å². The topological polar surface area (TPSA) is 124 Å². The summed E-state index contributed by atoms with van der Waals surface area (Å²) < 4.78 is 10.7. The van der Waals surface area contributed by atoms with Crippen LogP contribution in [0.25, 0.3) is 10.9 Å². The van der Waals surface area contributed by atoms with Gasteiger partial charge in [-0.25, -0.2) is 0 Å². The minimum Gasteiger partial charge on any atom is -0.505 e. The number of nitrogens with one attached hydrogen (secondary N) is 1. The van der Waals surface area contributed by atoms with Gasteiger partial charge < -0.3 is 19.9 Å². The Kier molecular flexibility index (Phi) is 6.81. The van der Waals surface area contributed by atoms with Crippen molar-refractivity contribution in [1.82, 2.24) is 10.3 Å². The number of rotatable bonds is 7. The van der Waals surface area contributed by atoms with Crippen molar-refractivity contribution in [2.75, 3.05) is 14.2 Å². The van der Waals surface area contributed by atoms with E-state index in [0.717, 1.165) is 32.1 Å². The van der Waals surface area contributed by atoms with Gasteiger partial charge in [0, 0.05) is 23.7 Å². The molecule has 2 aromatic carbocycles. The minimum atomic E-state index is -0.862. The summed E-state index contributed by atoms with van der Waals surface area (Å²) in [6.45, 7) is 0. The number of phenols is 1. The average Bonchev–Trinajstić information content (AvgIpc) is 2.87. The summed E-state index contributed by atoms with van der Waals surface area (Å²) in [6.07, 6.45) is 6.10. The molecule has 1 amide bonds. The predicted octanol–water partition coefficient (Wildman–Crippen LogP) is 4.65. The van der Waals surface area contributed by atoms with E-state index in [1.807, 2.05) is 0 Å². The summed E-state index contributed by atoms with van der Waals surface area (Å²) in [5, 5.41) is 26.3. The zero-order chi connectivity index (χ0) is 24.2. The van der Waals surface area contributed by atoms with Crippen molar-refractivity contribution in [1.29, 1.82) is 0 Å². The lowest BCUT2D eigenvalue weighted by Gasteiger charge is -2.26. The molecule has 1 aliphatic rings. The molecule has 34 heavy (non-hydrogen) atoms. The van der Waals surface area contributed by atoms with Crippen LogP contribution in [-0.4, -0.2) is 35.1 Å². The summed E-state index contributed by atoms with van der Waals surface area (Å²) in [6, 6.07) is 8.68. The van der Waals surface area contributed by atoms with Gasteiger partial charge in [0.2, 0.25) is 5.91 Å². The molecule has 1 unspecified atom stereocenters. The Morgan fingerprint density at radius 2 is 1.88 bits per heavy atom. The number of aromatic hydroxyl groups is 1. The monoisotopic (exact) mass is 465 g/mol. The SMILES string of the molecule is COc1ccc(C(NC(=O)C2CCCCC2)c2cc([N+](=O)[O-])c3cccnc3c2O)cc1OC. The molecule has 178 valence electrons. The van der Waals surface area contributed by atoms with Crippen molar-refractivity contribution in [3.8, 4) is 17.2 Å². The van der Waals surface area contributed by atoms with E-state index in [9.17, 15) is 20.0 Å². The van der Waals surface area contributed by atoms with Gasteiger partial charge >= 0.3 is 0 Å². The molecule has 0 radical (unpaired) electrons. The number of non-ortho nitro benzene ring substituents is 1. The number of nitro benzene ring substituents is 1. The summed E-state index contributed by atoms with van der Waals surface area (Å²) in [5.41, 5.74) is 0.674. The van der Waals surface area contributed by atoms with Gasteiger partial charge in [-0.15, -0.1) is 0 Å². The lowest BCUT2D eigenvalue weighted by Crippen LogP contribution is -2.35. The van der Waals surface area contributed by atoms with E-state index in [-0.39, 0.29) is 39.7 Å². The maximum absolute atomic E-state index is 13.2. The molecule has 3 aromatic rings. The van der Waals surface area contributed by atoms with Crippen molar-refractivity contribution < 1.29 is 24.3 Å². The lowest BCUT2D eigenvalue weighted by molar-refractivity contribution is -0.383. The molecule has 9 nitrogen and oxygen atoms in total. The number of carbonyl (C=O) groups is 1. The van der Waals surface area contributed by atoms with Crippen LogP contribution in [0.1, 0.15) is 49.3 Å². The maximum Gasteiger partial charge on any atom is 0.279 e. The fraction of sp³-hybridized carbons (Fsp3) is 0.360. The number of hydrogen-bond donors (Lipinski definition) is 2. The highest BCUT2D eigenvalue weighted by Crippen LogP contribution is 2.41. The summed E-state index contributed by atoms with van der Waals surface area (Å²) in [7, 11) is 3.02. The van der Waals surface area contributed by atoms with Crippen molar-refractivity contribution in [3.05, 3.63) is 63.8 Å². The zero-order valence-electron chi connectivity index (χ0n) is 19.1. The molecular weight excluding hydrogens is 438 g/mol. The first-order chi connectivity index (χ1) is 16.4. The van der Waals surface area contributed by atoms with Gasteiger partial charge in [0.05, 0.1) is 30.6 Å². The first-order valence-corrected chi connectivity index (χ1v) is 11.2. The quantitative estimate of drug-likeness (QED) is 0.384. The van der Waals surface area contributed by atoms with Gasteiger partial charge in [0.15, 0.2) is 11.5 Å². The van der Waals surface area contributed by atoms with Crippen LogP contribution in [0, 0.1) is 16.0 Å². The minimum absolute atomic E-state index is 0.101. The third kappa shape index (κ3) is 4.46. The number of methoxy groups -OCH3 is 2. The maximum atomic E-state index is 13.2. The number of aromatic nitrogens is 1. The van der Waals surface area contributed by atoms with Crippen LogP contribution < -0.4 is 14.8 Å². The second kappa shape index (κ2) is 9.94. The van der Waals surface area contributed by atoms with E-state index < -0.39 is 11.0 Å². The summed E-state index contributed by atoms with van der Waals surface area (Å²) in [5.74, 6) is 0.420. The number of benzene rings is 2. The summed E-state index contributed by atoms with van der Waals surface area (Å²) in [4.78, 5) is 28.8. The molecule has 0 spiro atoms. The molecule has 2 N–H and O–H groups in total. The third-order valence-electron chi connectivity index (χ3n) is 6.38. The van der Waals surface area contributed by atoms with E-state index in [4.69, 9.17) is 9.47 Å². The highest BCUT2D eigenvalue weighted by atomic mass is 16.6. The highest BCUT2D eigenvalue weighted by Gasteiger charge is 2.30. The number of phenolic OH excluding ortho intramolecular Hbond substituents is 1. The van der Waals surface area contributed by atoms with Gasteiger partial charge in [-0.2, -0.15) is 0 Å². The summed E-state index contributed by atoms with van der Waals surface area (Å²) >= 11 is 0. The first-order valence-electron chi connectivity index (χ1n) is 11.2. The molecule has 9 heteroatoms. The first kappa shape index (κ1) is 23.3. The van der Waals surface area contributed by atoms with Crippen LogP contribution in [0.4, 0.5) is 5.69 Å². The number of nitro groups is 1. The average molecular weight is 466 g/mol. The molecule has 1 fully saturated rings. The Morgan fingerprint density at radius 1 is 1.15 bits per heavy atom. The van der Waals surface area contributed by atoms with Crippen LogP contribution in [0.2, 0.25) is 0 Å². The van der Waals surface area contributed by atoms with Crippen molar-refractivity contribution in [2.45, 2.75) is 38.1 Å². The molecule has 1 aromatic heterocycles. The van der Waals surface area contributed by atoms with Crippen LogP contribution in [0.15, 0.2) is 42.6 Å². The molecule has 1 saturated carbocycles. The molecule has 0 bridgehead atoms. The molecular formula is C25H27N3O6. The molecule has 0 saturated heterocycles. The third-order valence-corrected chi connectivity index (χ3v) is 6.38. The Morgan fingerprint density at radius 3 is 2.56 bits per heavy atom. The van der Waals surface area contributed by atoms with Gasteiger partial charge in [0.25, 0.3) is 5.69 Å². The standard InChI is InChI=1S/C25H27N3O6/c1-33-20-11-10-16(13-21(20)34-2)22(27-25(30)15-7-4-3-5-8-15)18-14-19(28(31)32)17-9-6-12-26-23(17)24(18)29/h6,9-15,22,29H,3-5,7-8H2,1-2H3,(H,27,30). The van der Waals surface area contributed by atoms with Gasteiger partial charge in [-0.1, -0.05) is 25.3 Å². The van der Waals surface area contributed by atoms with E-state index in [2.05, 4.69) is 10.3 Å². The number of pyridine rings is 1. The smallest absolute Gasteiger partial charge is 0.279 e. The van der Waals surface area contributed by atoms with Gasteiger partial charge in [-0.05, 0) is 42.7 Å². The van der Waals surface area contributed by atoms with E-state index in [0.29, 0.717) is 17.1 Å². The largest absolute Gasteiger partial charge is 0.505 e. The number of hydrogen-bond acceptors (Lipinski definition) is 7. The van der Waals surface area contributed by atoms with Crippen LogP contribution in [0.3, 0.4) is 0 Å². The van der Waals surface area contributed by atoms with E-state index in [1.165, 1.54) is 32.5 Å². The zero-order valence-corrected chi connectivity index (χ0v) is 19.1. The molecule has 1 aliphatic carbocycles. The van der Waals surface area contributed by atoms with Crippen molar-refractivity contribution >= 4 is 22.5 Å². The number of carbonyl (C=O) groups excluding carboxylic acids is 1. The number of ether oxygens (including phenoxy) is 2. The lowest BCUT2D eigenvalue weighted by atomic mass is 9.87. The normalized spacial score (nSPS) is 15.0. The van der Waals surface area contributed by atoms with Crippen LogP contribution in [0.5, 0.6) is 17.2 Å². The fourth-order valence-electron chi connectivity index (χ4n) is 4.60. The predicted molar refractivity (Wildman–Crippen MR) is 126 cm³/mol. The van der Waals surface area contributed by atoms with Crippen molar-refractivity contribution in [3.63, 3.8) is 0 Å². The molecule has 0 aliphatic heterocycles. The van der Waals surface area contributed by atoms with Crippen LogP contribution in [-0.2, 0) is 4.79 Å². The highest BCUT2D eigenvalue weighted by molar-refractivity contribution is 5.94. The second-order valence-electron chi connectivity index (χ2n) is 8.38. The fourth-order valence-corrected chi connectivity index (χ4v) is 4.60. The Balaban J connectivity index is 1.87. The Hall–Kier alpha value is -3.88. The Bertz CT molecular complexity index is 1220. The van der Waals surface area contributed by atoms with E-state index >= 15 is 0 Å². The van der Waals surface area contributed by atoms with Gasteiger partial charge in [0.1, 0.15) is 11.3 Å². The number of amides is 1. The molecule has 1 heterocycles. The van der Waals surface area contributed by atoms with Crippen LogP contribution >= 0.6 is 0 Å². The number of nitrogens with zero attached hydrogens (tertiary/aromatic N) is 2. The second-order valence-corrected chi connectivity index (χ2v) is 8.38. The number of fused-ring (bicyclic) bond motifs is 1. The van der Waals surface area contributed by atoms with Crippen molar-refractivity contribution in [2.24, 2.45) is 5.92 Å². The molecule has 4 rings (SSSR count). The molecule has 1 atom stereocenters. The Labute approximate surface area is 196 Å². The van der Waals surface area contributed by atoms with E-state index in [1.54, 1.807) is 24.3 Å².